The Hall–Kier alpha value is -3.14. The number of hydrogen-bond donors (Lipinski definition) is 2. The molecule has 0 radical (unpaired) electrons. The Labute approximate surface area is 197 Å². The fourth-order valence-corrected chi connectivity index (χ4v) is 4.85. The molecular formula is C23H30N8OS. The van der Waals surface area contributed by atoms with Crippen molar-refractivity contribution in [3.05, 3.63) is 36.4 Å². The van der Waals surface area contributed by atoms with Crippen molar-refractivity contribution in [2.75, 3.05) is 18.0 Å². The minimum absolute atomic E-state index is 0.115. The summed E-state index contributed by atoms with van der Waals surface area (Å²) in [6.07, 6.45) is 12.5. The summed E-state index contributed by atoms with van der Waals surface area (Å²) in [5.74, 6) is 1.42. The highest BCUT2D eigenvalue weighted by Crippen LogP contribution is 2.28. The average Bonchev–Trinajstić information content (AvgIpc) is 3.19. The van der Waals surface area contributed by atoms with Gasteiger partial charge in [0.1, 0.15) is 22.4 Å². The van der Waals surface area contributed by atoms with Crippen molar-refractivity contribution >= 4 is 51.8 Å². The molecule has 0 aromatic carbocycles. The molecule has 4 heterocycles. The predicted octanol–water partition coefficient (Wildman–Crippen LogP) is 3.09. The van der Waals surface area contributed by atoms with E-state index in [9.17, 15) is 4.79 Å². The minimum atomic E-state index is -0.328. The van der Waals surface area contributed by atoms with Gasteiger partial charge in [-0.1, -0.05) is 13.3 Å². The molecule has 1 aliphatic heterocycles. The molecule has 10 heteroatoms. The number of fused-ring (bicyclic) bond motifs is 3. The zero-order chi connectivity index (χ0) is 23.2. The lowest BCUT2D eigenvalue weighted by Crippen LogP contribution is -2.31. The second-order valence-corrected chi connectivity index (χ2v) is 9.08. The molecular weight excluding hydrogens is 436 g/mol. The van der Waals surface area contributed by atoms with E-state index in [0.717, 1.165) is 73.1 Å². The number of nitrogens with two attached hydrogens (primary N) is 2. The quantitative estimate of drug-likeness (QED) is 0.416. The largest absolute Gasteiger partial charge is 0.382 e. The molecule has 1 aliphatic rings. The Bertz CT molecular complexity index is 1190. The molecule has 1 atom stereocenters. The van der Waals surface area contributed by atoms with E-state index >= 15 is 0 Å². The van der Waals surface area contributed by atoms with Crippen LogP contribution in [0.1, 0.15) is 38.4 Å². The molecule has 1 amide bonds. The molecule has 33 heavy (non-hydrogen) atoms. The molecule has 0 saturated heterocycles. The third-order valence-corrected chi connectivity index (χ3v) is 6.72. The van der Waals surface area contributed by atoms with Crippen LogP contribution in [-0.2, 0) is 17.8 Å². The zero-order valence-electron chi connectivity index (χ0n) is 18.9. The number of carbonyl (C=O) groups excluding carboxylic acids is 1. The van der Waals surface area contributed by atoms with E-state index < -0.39 is 0 Å². The fraction of sp³-hybridized carbons (Fsp3) is 0.435. The first-order valence-electron chi connectivity index (χ1n) is 11.3. The van der Waals surface area contributed by atoms with Crippen molar-refractivity contribution in [1.29, 1.82) is 0 Å². The van der Waals surface area contributed by atoms with Crippen LogP contribution >= 0.6 is 11.8 Å². The monoisotopic (exact) mass is 466 g/mol. The number of carbonyl (C=O) groups is 1. The molecule has 3 aromatic heterocycles. The van der Waals surface area contributed by atoms with Gasteiger partial charge in [0.15, 0.2) is 11.3 Å². The first-order chi connectivity index (χ1) is 16.1. The van der Waals surface area contributed by atoms with E-state index in [1.807, 2.05) is 24.4 Å². The third-order valence-electron chi connectivity index (χ3n) is 5.58. The third kappa shape index (κ3) is 5.27. The van der Waals surface area contributed by atoms with Gasteiger partial charge in [-0.25, -0.2) is 9.97 Å². The summed E-state index contributed by atoms with van der Waals surface area (Å²) in [6.45, 7) is 3.84. The van der Waals surface area contributed by atoms with Gasteiger partial charge in [-0.2, -0.15) is 0 Å². The van der Waals surface area contributed by atoms with Crippen molar-refractivity contribution in [1.82, 2.24) is 24.4 Å². The number of allylic oxidation sites excluding steroid dienone is 1. The van der Waals surface area contributed by atoms with E-state index in [0.29, 0.717) is 5.82 Å². The van der Waals surface area contributed by atoms with Gasteiger partial charge in [-0.3, -0.25) is 14.8 Å². The van der Waals surface area contributed by atoms with Crippen molar-refractivity contribution in [3.63, 3.8) is 0 Å². The van der Waals surface area contributed by atoms with Crippen molar-refractivity contribution in [2.45, 2.75) is 51.1 Å². The minimum Gasteiger partial charge on any atom is -0.382 e. The van der Waals surface area contributed by atoms with Crippen molar-refractivity contribution in [3.8, 4) is 0 Å². The van der Waals surface area contributed by atoms with Crippen LogP contribution in [0.25, 0.3) is 22.1 Å². The zero-order valence-corrected chi connectivity index (χ0v) is 19.7. The Balaban J connectivity index is 1.51. The van der Waals surface area contributed by atoms with Gasteiger partial charge in [0.2, 0.25) is 5.91 Å². The summed E-state index contributed by atoms with van der Waals surface area (Å²) in [5.41, 5.74) is 14.8. The summed E-state index contributed by atoms with van der Waals surface area (Å²) in [5, 5.41) is 0. The lowest BCUT2D eigenvalue weighted by atomic mass is 10.2. The molecule has 0 spiro atoms. The number of nitrogen functional groups attached to an aromatic ring is 1. The highest BCUT2D eigenvalue weighted by Gasteiger charge is 2.19. The van der Waals surface area contributed by atoms with Gasteiger partial charge in [0.05, 0.1) is 11.3 Å². The van der Waals surface area contributed by atoms with E-state index in [4.69, 9.17) is 16.5 Å². The SMILES string of the molecule is CCCCc1nc2c(N)nc3cccnc3c2n1CCCCN1C=CC=NC1SCC(N)=O. The number of thioether (sulfide) groups is 1. The standard InChI is InChI=1S/C23H30N8OS/c1-2-3-9-18-29-20-21(19-16(28-22(20)25)8-6-10-26-19)31(18)14-5-4-12-30-13-7-11-27-23(30)33-15-17(24)32/h6-8,10-11,13,23H,2-5,9,12,14-15H2,1H3,(H2,24,32)(H2,25,28). The summed E-state index contributed by atoms with van der Waals surface area (Å²) in [4.78, 5) is 31.8. The molecule has 0 bridgehead atoms. The predicted molar refractivity (Wildman–Crippen MR) is 135 cm³/mol. The molecule has 1 unspecified atom stereocenters. The van der Waals surface area contributed by atoms with Crippen molar-refractivity contribution in [2.24, 2.45) is 10.7 Å². The number of unbranched alkanes of at least 4 members (excludes halogenated alkanes) is 2. The van der Waals surface area contributed by atoms with E-state index in [1.165, 1.54) is 11.8 Å². The fourth-order valence-electron chi connectivity index (χ4n) is 4.01. The number of pyridine rings is 2. The van der Waals surface area contributed by atoms with Gasteiger partial charge in [0.25, 0.3) is 0 Å². The van der Waals surface area contributed by atoms with Crippen LogP contribution in [0, 0.1) is 0 Å². The maximum Gasteiger partial charge on any atom is 0.227 e. The molecule has 0 fully saturated rings. The molecule has 4 rings (SSSR count). The van der Waals surface area contributed by atoms with E-state index in [2.05, 4.69) is 31.4 Å². The number of imidazole rings is 1. The first-order valence-corrected chi connectivity index (χ1v) is 12.4. The number of aromatic nitrogens is 4. The number of primary amides is 1. The maximum absolute atomic E-state index is 11.2. The molecule has 174 valence electrons. The highest BCUT2D eigenvalue weighted by molar-refractivity contribution is 8.00. The van der Waals surface area contributed by atoms with Crippen LogP contribution in [0.3, 0.4) is 0 Å². The summed E-state index contributed by atoms with van der Waals surface area (Å²) in [7, 11) is 0. The molecule has 0 aliphatic carbocycles. The van der Waals surface area contributed by atoms with Crippen LogP contribution < -0.4 is 11.5 Å². The van der Waals surface area contributed by atoms with Gasteiger partial charge < -0.3 is 20.9 Å². The number of aliphatic imine (C=N–C) groups is 1. The first kappa shape index (κ1) is 23.0. The molecule has 0 saturated carbocycles. The van der Waals surface area contributed by atoms with Crippen LogP contribution in [0.4, 0.5) is 5.82 Å². The van der Waals surface area contributed by atoms with Crippen molar-refractivity contribution < 1.29 is 4.79 Å². The van der Waals surface area contributed by atoms with E-state index in [1.54, 1.807) is 12.4 Å². The molecule has 9 nitrogen and oxygen atoms in total. The lowest BCUT2D eigenvalue weighted by Gasteiger charge is -2.28. The summed E-state index contributed by atoms with van der Waals surface area (Å²) in [6, 6.07) is 3.81. The van der Waals surface area contributed by atoms with Crippen LogP contribution in [-0.4, -0.2) is 54.3 Å². The highest BCUT2D eigenvalue weighted by atomic mass is 32.2. The van der Waals surface area contributed by atoms with Gasteiger partial charge in [-0.15, -0.1) is 11.8 Å². The average molecular weight is 467 g/mol. The molecule has 4 N–H and O–H groups in total. The second kappa shape index (κ2) is 10.7. The van der Waals surface area contributed by atoms with Gasteiger partial charge >= 0.3 is 0 Å². The number of nitrogens with zero attached hydrogens (tertiary/aromatic N) is 6. The number of amides is 1. The Morgan fingerprint density at radius 3 is 2.85 bits per heavy atom. The topological polar surface area (TPSA) is 128 Å². The van der Waals surface area contributed by atoms with Gasteiger partial charge in [-0.05, 0) is 37.5 Å². The molecule has 3 aromatic rings. The number of aryl methyl sites for hydroxylation is 2. The van der Waals surface area contributed by atoms with Gasteiger partial charge in [0, 0.05) is 38.1 Å². The van der Waals surface area contributed by atoms with E-state index in [-0.39, 0.29) is 17.2 Å². The maximum atomic E-state index is 11.2. The number of anilines is 1. The Kier molecular flexibility index (Phi) is 7.43. The number of rotatable bonds is 11. The lowest BCUT2D eigenvalue weighted by molar-refractivity contribution is -0.115. The van der Waals surface area contributed by atoms with Crippen LogP contribution in [0.5, 0.6) is 0 Å². The van der Waals surface area contributed by atoms with Crippen LogP contribution in [0.2, 0.25) is 0 Å². The summed E-state index contributed by atoms with van der Waals surface area (Å²) < 4.78 is 2.28. The second-order valence-electron chi connectivity index (χ2n) is 8.04. The normalized spacial score (nSPS) is 15.7. The smallest absolute Gasteiger partial charge is 0.227 e. The Morgan fingerprint density at radius 2 is 2.03 bits per heavy atom. The number of hydrogen-bond acceptors (Lipinski definition) is 8. The Morgan fingerprint density at radius 1 is 1.18 bits per heavy atom. The van der Waals surface area contributed by atoms with Crippen LogP contribution in [0.15, 0.2) is 35.6 Å². The summed E-state index contributed by atoms with van der Waals surface area (Å²) >= 11 is 1.44.